The summed E-state index contributed by atoms with van der Waals surface area (Å²) in [6.07, 6.45) is 2.11. The van der Waals surface area contributed by atoms with Crippen LogP contribution in [0.5, 0.6) is 0 Å². The lowest BCUT2D eigenvalue weighted by Crippen LogP contribution is -2.04. The summed E-state index contributed by atoms with van der Waals surface area (Å²) in [5.41, 5.74) is 11.8. The van der Waals surface area contributed by atoms with Crippen LogP contribution in [0.4, 0.5) is 0 Å². The molecule has 1 aromatic rings. The number of amides is 2. The molecule has 0 saturated heterocycles. The molecule has 4 heteroatoms. The molecule has 0 saturated carbocycles. The molecule has 0 heterocycles. The Morgan fingerprint density at radius 3 is 1.28 bits per heavy atom. The smallest absolute Gasteiger partial charge is 0.240 e. The van der Waals surface area contributed by atoms with Gasteiger partial charge >= 0.3 is 0 Å². The van der Waals surface area contributed by atoms with Gasteiger partial charge in [0, 0.05) is 0 Å². The van der Waals surface area contributed by atoms with Gasteiger partial charge < -0.3 is 11.5 Å². The Labute approximate surface area is 108 Å². The summed E-state index contributed by atoms with van der Waals surface area (Å²) in [7, 11) is 0. The van der Waals surface area contributed by atoms with Crippen LogP contribution >= 0.6 is 0 Å². The molecule has 0 spiro atoms. The third kappa shape index (κ3) is 13.6. The van der Waals surface area contributed by atoms with E-state index >= 15 is 0 Å². The molecule has 0 atom stereocenters. The van der Waals surface area contributed by atoms with Crippen LogP contribution < -0.4 is 11.5 Å². The zero-order valence-corrected chi connectivity index (χ0v) is 10.8. The van der Waals surface area contributed by atoms with Gasteiger partial charge in [-0.25, -0.2) is 0 Å². The summed E-state index contributed by atoms with van der Waals surface area (Å²) in [6, 6.07) is 8.36. The van der Waals surface area contributed by atoms with Crippen LogP contribution in [0.3, 0.4) is 0 Å². The van der Waals surface area contributed by atoms with Crippen molar-refractivity contribution in [3.63, 3.8) is 0 Å². The summed E-state index contributed by atoms with van der Waals surface area (Å²) in [5, 5.41) is 0. The van der Waals surface area contributed by atoms with Crippen molar-refractivity contribution >= 4 is 11.8 Å². The Morgan fingerprint density at radius 1 is 0.944 bits per heavy atom. The molecule has 0 fully saturated rings. The van der Waals surface area contributed by atoms with Crippen LogP contribution in [0.1, 0.15) is 11.1 Å². The van der Waals surface area contributed by atoms with Crippen LogP contribution in [0.2, 0.25) is 0 Å². The Balaban J connectivity index is 0. The van der Waals surface area contributed by atoms with Gasteiger partial charge in [-0.15, -0.1) is 0 Å². The number of carbonyl (C=O) groups is 2. The highest BCUT2D eigenvalue weighted by molar-refractivity contribution is 5.85. The first kappa shape index (κ1) is 18.0. The highest BCUT2D eigenvalue weighted by Gasteiger charge is 1.83. The van der Waals surface area contributed by atoms with E-state index < -0.39 is 11.8 Å². The van der Waals surface area contributed by atoms with Gasteiger partial charge in [0.25, 0.3) is 0 Å². The van der Waals surface area contributed by atoms with Crippen molar-refractivity contribution in [1.82, 2.24) is 0 Å². The molecule has 1 aromatic carbocycles. The molecular formula is C14H20N2O2. The second-order valence-corrected chi connectivity index (χ2v) is 3.30. The van der Waals surface area contributed by atoms with Crippen molar-refractivity contribution < 1.29 is 9.59 Å². The van der Waals surface area contributed by atoms with Crippen LogP contribution in [0.25, 0.3) is 0 Å². The van der Waals surface area contributed by atoms with Crippen LogP contribution in [-0.2, 0) is 9.59 Å². The first-order valence-corrected chi connectivity index (χ1v) is 5.21. The fourth-order valence-electron chi connectivity index (χ4n) is 0.663. The molecule has 18 heavy (non-hydrogen) atoms. The third-order valence-electron chi connectivity index (χ3n) is 1.83. The lowest BCUT2D eigenvalue weighted by molar-refractivity contribution is -0.114. The topological polar surface area (TPSA) is 86.2 Å². The second kappa shape index (κ2) is 11.1. The average Bonchev–Trinajstić information content (AvgIpc) is 2.34. The van der Waals surface area contributed by atoms with E-state index in [1.165, 1.54) is 11.1 Å². The molecule has 0 aliphatic rings. The maximum Gasteiger partial charge on any atom is 0.240 e. The Morgan fingerprint density at radius 2 is 1.17 bits per heavy atom. The van der Waals surface area contributed by atoms with E-state index in [1.807, 2.05) is 0 Å². The molecule has 0 aliphatic heterocycles. The minimum Gasteiger partial charge on any atom is -0.366 e. The molecule has 0 aliphatic carbocycles. The summed E-state index contributed by atoms with van der Waals surface area (Å²) >= 11 is 0. The molecule has 1 rings (SSSR count). The number of rotatable bonds is 2. The van der Waals surface area contributed by atoms with E-state index in [1.54, 1.807) is 0 Å². The van der Waals surface area contributed by atoms with Crippen LogP contribution in [0.15, 0.2) is 49.6 Å². The van der Waals surface area contributed by atoms with Gasteiger partial charge in [-0.05, 0) is 37.1 Å². The fourth-order valence-corrected chi connectivity index (χ4v) is 0.663. The van der Waals surface area contributed by atoms with Crippen LogP contribution in [0, 0.1) is 13.8 Å². The second-order valence-electron chi connectivity index (χ2n) is 3.30. The predicted molar refractivity (Wildman–Crippen MR) is 74.7 cm³/mol. The van der Waals surface area contributed by atoms with Gasteiger partial charge in [-0.2, -0.15) is 0 Å². The van der Waals surface area contributed by atoms with Gasteiger partial charge in [0.1, 0.15) is 0 Å². The molecule has 4 N–H and O–H groups in total. The van der Waals surface area contributed by atoms with Crippen molar-refractivity contribution in [3.8, 4) is 0 Å². The maximum atomic E-state index is 9.47. The lowest BCUT2D eigenvalue weighted by atomic mass is 10.1. The minimum absolute atomic E-state index is 0.481. The summed E-state index contributed by atoms with van der Waals surface area (Å²) in [6.45, 7) is 10.4. The summed E-state index contributed by atoms with van der Waals surface area (Å²) < 4.78 is 0. The highest BCUT2D eigenvalue weighted by atomic mass is 16.1. The molecule has 0 bridgehead atoms. The van der Waals surface area contributed by atoms with E-state index in [9.17, 15) is 9.59 Å². The first-order valence-electron chi connectivity index (χ1n) is 5.21. The van der Waals surface area contributed by atoms with Crippen molar-refractivity contribution in [3.05, 3.63) is 60.7 Å². The average molecular weight is 248 g/mol. The predicted octanol–water partition coefficient (Wildman–Crippen LogP) is 1.62. The number of primary amides is 2. The van der Waals surface area contributed by atoms with Gasteiger partial charge in [0.2, 0.25) is 11.8 Å². The van der Waals surface area contributed by atoms with Crippen molar-refractivity contribution in [1.29, 1.82) is 0 Å². The zero-order valence-electron chi connectivity index (χ0n) is 10.8. The number of benzene rings is 1. The molecule has 98 valence electrons. The molecule has 0 aromatic heterocycles. The van der Waals surface area contributed by atoms with Crippen LogP contribution in [-0.4, -0.2) is 11.8 Å². The van der Waals surface area contributed by atoms with Crippen molar-refractivity contribution in [2.45, 2.75) is 13.8 Å². The Hall–Kier alpha value is -2.36. The molecule has 0 unspecified atom stereocenters. The minimum atomic E-state index is -0.481. The number of aryl methyl sites for hydroxylation is 2. The normalized spacial score (nSPS) is 7.67. The van der Waals surface area contributed by atoms with Gasteiger partial charge in [-0.1, -0.05) is 37.4 Å². The SMILES string of the molecule is C=CC(N)=O.C=CC(N)=O.Cc1ccccc1C. The monoisotopic (exact) mass is 248 g/mol. The standard InChI is InChI=1S/C8H10.2C3H5NO/c1-7-5-3-4-6-8(7)2;2*1-2-3(4)5/h3-6H,1-2H3;2*2H,1H2,(H2,4,5). The van der Waals surface area contributed by atoms with Gasteiger partial charge in [0.05, 0.1) is 0 Å². The summed E-state index contributed by atoms with van der Waals surface area (Å²) in [5.74, 6) is -0.963. The van der Waals surface area contributed by atoms with Gasteiger partial charge in [0.15, 0.2) is 0 Å². The Bertz CT molecular complexity index is 373. The molecular weight excluding hydrogens is 228 g/mol. The first-order chi connectivity index (χ1) is 8.34. The molecule has 0 radical (unpaired) electrons. The third-order valence-corrected chi connectivity index (χ3v) is 1.83. The molecule has 4 nitrogen and oxygen atoms in total. The largest absolute Gasteiger partial charge is 0.366 e. The van der Waals surface area contributed by atoms with Crippen molar-refractivity contribution in [2.24, 2.45) is 11.5 Å². The number of nitrogens with two attached hydrogens (primary N) is 2. The number of hydrogen-bond donors (Lipinski definition) is 2. The lowest BCUT2D eigenvalue weighted by Gasteiger charge is -1.93. The quantitative estimate of drug-likeness (QED) is 0.779. The van der Waals surface area contributed by atoms with E-state index in [0.29, 0.717) is 0 Å². The fraction of sp³-hybridized carbons (Fsp3) is 0.143. The maximum absolute atomic E-state index is 9.47. The van der Waals surface area contributed by atoms with E-state index in [4.69, 9.17) is 0 Å². The highest BCUT2D eigenvalue weighted by Crippen LogP contribution is 2.02. The zero-order chi connectivity index (χ0) is 14.6. The summed E-state index contributed by atoms with van der Waals surface area (Å²) in [4.78, 5) is 18.9. The van der Waals surface area contributed by atoms with E-state index in [-0.39, 0.29) is 0 Å². The number of carbonyl (C=O) groups excluding carboxylic acids is 2. The van der Waals surface area contributed by atoms with Gasteiger partial charge in [-0.3, -0.25) is 9.59 Å². The molecule has 2 amide bonds. The van der Waals surface area contributed by atoms with E-state index in [2.05, 4.69) is 62.7 Å². The van der Waals surface area contributed by atoms with E-state index in [0.717, 1.165) is 12.2 Å². The number of hydrogen-bond acceptors (Lipinski definition) is 2. The van der Waals surface area contributed by atoms with Crippen molar-refractivity contribution in [2.75, 3.05) is 0 Å². The Kier molecular flexibility index (Phi) is 11.1.